The van der Waals surface area contributed by atoms with Crippen molar-refractivity contribution in [1.82, 2.24) is 14.8 Å². The first-order chi connectivity index (χ1) is 8.42. The maximum absolute atomic E-state index is 5.33. The third kappa shape index (κ3) is 2.29. The maximum Gasteiger partial charge on any atom is 0.138 e. The van der Waals surface area contributed by atoms with Crippen LogP contribution in [-0.2, 0) is 4.74 Å². The van der Waals surface area contributed by atoms with Gasteiger partial charge in [0.25, 0.3) is 0 Å². The minimum atomic E-state index is 0.437. The number of hydrogen-bond acceptors (Lipinski definition) is 4. The first-order valence-electron chi connectivity index (χ1n) is 5.71. The molecule has 1 aliphatic heterocycles. The molecule has 1 aromatic carbocycles. The van der Waals surface area contributed by atoms with E-state index in [2.05, 4.69) is 27.5 Å². The van der Waals surface area contributed by atoms with Crippen LogP contribution >= 0.6 is 0 Å². The Balaban J connectivity index is 1.71. The normalized spacial score (nSPS) is 19.4. The zero-order valence-electron chi connectivity index (χ0n) is 9.41. The van der Waals surface area contributed by atoms with Gasteiger partial charge < -0.3 is 10.1 Å². The van der Waals surface area contributed by atoms with E-state index in [1.54, 1.807) is 11.0 Å². The highest BCUT2D eigenvalue weighted by Gasteiger charge is 2.14. The summed E-state index contributed by atoms with van der Waals surface area (Å²) in [6.45, 7) is 1.65. The molecule has 1 aliphatic rings. The van der Waals surface area contributed by atoms with Crippen molar-refractivity contribution in [3.8, 4) is 5.69 Å². The van der Waals surface area contributed by atoms with Crippen LogP contribution in [0.15, 0.2) is 36.9 Å². The third-order valence-corrected chi connectivity index (χ3v) is 2.85. The number of nitrogens with one attached hydrogen (secondary N) is 1. The lowest BCUT2D eigenvalue weighted by Crippen LogP contribution is -2.18. The van der Waals surface area contributed by atoms with Gasteiger partial charge in [-0.1, -0.05) is 0 Å². The molecule has 0 aliphatic carbocycles. The van der Waals surface area contributed by atoms with E-state index in [0.29, 0.717) is 6.04 Å². The molecule has 1 aromatic heterocycles. The molecule has 1 fully saturated rings. The number of benzene rings is 1. The predicted molar refractivity (Wildman–Crippen MR) is 64.2 cm³/mol. The molecular formula is C12H14N4O. The lowest BCUT2D eigenvalue weighted by Gasteiger charge is -2.12. The van der Waals surface area contributed by atoms with E-state index in [9.17, 15) is 0 Å². The minimum Gasteiger partial charge on any atom is -0.380 e. The number of rotatable bonds is 3. The Morgan fingerprint density at radius 1 is 1.29 bits per heavy atom. The molecule has 3 rings (SSSR count). The molecule has 1 saturated heterocycles. The van der Waals surface area contributed by atoms with Gasteiger partial charge in [-0.25, -0.2) is 9.67 Å². The van der Waals surface area contributed by atoms with E-state index >= 15 is 0 Å². The van der Waals surface area contributed by atoms with Crippen molar-refractivity contribution >= 4 is 5.69 Å². The van der Waals surface area contributed by atoms with E-state index in [-0.39, 0.29) is 0 Å². The van der Waals surface area contributed by atoms with E-state index in [1.807, 2.05) is 12.1 Å². The Bertz CT molecular complexity index is 460. The summed E-state index contributed by atoms with van der Waals surface area (Å²) in [5.41, 5.74) is 2.13. The van der Waals surface area contributed by atoms with Gasteiger partial charge in [0.2, 0.25) is 0 Å². The van der Waals surface area contributed by atoms with Crippen LogP contribution in [0.2, 0.25) is 0 Å². The van der Waals surface area contributed by atoms with Crippen LogP contribution in [0.1, 0.15) is 6.42 Å². The Hall–Kier alpha value is -1.88. The Labute approximate surface area is 99.4 Å². The fraction of sp³-hybridized carbons (Fsp3) is 0.333. The van der Waals surface area contributed by atoms with Crippen LogP contribution < -0.4 is 5.32 Å². The fourth-order valence-corrected chi connectivity index (χ4v) is 1.94. The SMILES string of the molecule is c1ncn(-c2ccc(NC3CCOC3)cc2)n1. The standard InChI is InChI=1S/C12H14N4O/c1-3-12(16-9-13-8-14-16)4-2-10(1)15-11-5-6-17-7-11/h1-4,8-9,11,15H,5-7H2. The van der Waals surface area contributed by atoms with Gasteiger partial charge in [0.15, 0.2) is 0 Å². The molecule has 0 radical (unpaired) electrons. The van der Waals surface area contributed by atoms with Crippen LogP contribution in [0, 0.1) is 0 Å². The molecular weight excluding hydrogens is 216 g/mol. The van der Waals surface area contributed by atoms with Crippen LogP contribution in [0.4, 0.5) is 5.69 Å². The van der Waals surface area contributed by atoms with E-state index in [1.165, 1.54) is 6.33 Å². The highest BCUT2D eigenvalue weighted by Crippen LogP contribution is 2.16. The first kappa shape index (κ1) is 10.3. The molecule has 0 saturated carbocycles. The lowest BCUT2D eigenvalue weighted by molar-refractivity contribution is 0.195. The summed E-state index contributed by atoms with van der Waals surface area (Å²) in [7, 11) is 0. The second-order valence-electron chi connectivity index (χ2n) is 4.09. The second-order valence-corrected chi connectivity index (χ2v) is 4.09. The predicted octanol–water partition coefficient (Wildman–Crippen LogP) is 1.47. The average molecular weight is 230 g/mol. The zero-order chi connectivity index (χ0) is 11.5. The van der Waals surface area contributed by atoms with Gasteiger partial charge in [0.05, 0.1) is 18.3 Å². The minimum absolute atomic E-state index is 0.437. The largest absolute Gasteiger partial charge is 0.380 e. The smallest absolute Gasteiger partial charge is 0.138 e. The molecule has 1 unspecified atom stereocenters. The summed E-state index contributed by atoms with van der Waals surface area (Å²) in [6, 6.07) is 8.58. The van der Waals surface area contributed by atoms with Crippen LogP contribution in [-0.4, -0.2) is 34.0 Å². The summed E-state index contributed by atoms with van der Waals surface area (Å²) in [5, 5.41) is 7.53. The van der Waals surface area contributed by atoms with Crippen molar-refractivity contribution in [2.24, 2.45) is 0 Å². The summed E-state index contributed by atoms with van der Waals surface area (Å²) in [5.74, 6) is 0. The number of hydrogen-bond donors (Lipinski definition) is 1. The van der Waals surface area contributed by atoms with Crippen molar-refractivity contribution in [1.29, 1.82) is 0 Å². The Morgan fingerprint density at radius 2 is 2.18 bits per heavy atom. The summed E-state index contributed by atoms with van der Waals surface area (Å²) in [6.07, 6.45) is 4.29. The number of anilines is 1. The van der Waals surface area contributed by atoms with E-state index in [0.717, 1.165) is 31.0 Å². The highest BCUT2D eigenvalue weighted by molar-refractivity contribution is 5.49. The third-order valence-electron chi connectivity index (χ3n) is 2.85. The van der Waals surface area contributed by atoms with Gasteiger partial charge in [-0.15, -0.1) is 0 Å². The van der Waals surface area contributed by atoms with E-state index < -0.39 is 0 Å². The van der Waals surface area contributed by atoms with Crippen molar-refractivity contribution in [2.75, 3.05) is 18.5 Å². The molecule has 0 spiro atoms. The van der Waals surface area contributed by atoms with Crippen molar-refractivity contribution in [2.45, 2.75) is 12.5 Å². The van der Waals surface area contributed by atoms with Crippen molar-refractivity contribution < 1.29 is 4.74 Å². The number of nitrogens with zero attached hydrogens (tertiary/aromatic N) is 3. The van der Waals surface area contributed by atoms with Gasteiger partial charge in [0.1, 0.15) is 12.7 Å². The molecule has 5 nitrogen and oxygen atoms in total. The molecule has 88 valence electrons. The zero-order valence-corrected chi connectivity index (χ0v) is 9.41. The summed E-state index contributed by atoms with van der Waals surface area (Å²) >= 11 is 0. The number of aromatic nitrogens is 3. The molecule has 17 heavy (non-hydrogen) atoms. The van der Waals surface area contributed by atoms with Crippen LogP contribution in [0.3, 0.4) is 0 Å². The van der Waals surface area contributed by atoms with Crippen LogP contribution in [0.25, 0.3) is 5.69 Å². The molecule has 2 aromatic rings. The number of ether oxygens (including phenoxy) is 1. The molecule has 0 amide bonds. The molecule has 5 heteroatoms. The highest BCUT2D eigenvalue weighted by atomic mass is 16.5. The summed E-state index contributed by atoms with van der Waals surface area (Å²) in [4.78, 5) is 3.92. The van der Waals surface area contributed by atoms with Gasteiger partial charge >= 0.3 is 0 Å². The fourth-order valence-electron chi connectivity index (χ4n) is 1.94. The lowest BCUT2D eigenvalue weighted by atomic mass is 10.2. The molecule has 1 N–H and O–H groups in total. The first-order valence-corrected chi connectivity index (χ1v) is 5.71. The van der Waals surface area contributed by atoms with Crippen molar-refractivity contribution in [3.05, 3.63) is 36.9 Å². The second kappa shape index (κ2) is 4.55. The molecule has 1 atom stereocenters. The van der Waals surface area contributed by atoms with Gasteiger partial charge in [-0.3, -0.25) is 0 Å². The van der Waals surface area contributed by atoms with E-state index in [4.69, 9.17) is 4.74 Å². The van der Waals surface area contributed by atoms with Gasteiger partial charge in [-0.2, -0.15) is 5.10 Å². The monoisotopic (exact) mass is 230 g/mol. The maximum atomic E-state index is 5.33. The van der Waals surface area contributed by atoms with Gasteiger partial charge in [0, 0.05) is 12.3 Å². The Morgan fingerprint density at radius 3 is 2.82 bits per heavy atom. The van der Waals surface area contributed by atoms with Gasteiger partial charge in [-0.05, 0) is 30.7 Å². The average Bonchev–Trinajstić information content (AvgIpc) is 3.01. The molecule has 2 heterocycles. The Kier molecular flexibility index (Phi) is 2.75. The topological polar surface area (TPSA) is 52.0 Å². The quantitative estimate of drug-likeness (QED) is 0.867. The molecule has 0 bridgehead atoms. The van der Waals surface area contributed by atoms with Crippen molar-refractivity contribution in [3.63, 3.8) is 0 Å². The van der Waals surface area contributed by atoms with Crippen LogP contribution in [0.5, 0.6) is 0 Å². The summed E-state index contributed by atoms with van der Waals surface area (Å²) < 4.78 is 7.07.